The van der Waals surface area contributed by atoms with Crippen molar-refractivity contribution < 1.29 is 20.2 Å². The molecule has 1 aliphatic rings. The van der Waals surface area contributed by atoms with E-state index >= 15 is 0 Å². The van der Waals surface area contributed by atoms with Crippen molar-refractivity contribution in [3.8, 4) is 11.1 Å². The van der Waals surface area contributed by atoms with Gasteiger partial charge in [0.1, 0.15) is 18.4 Å². The van der Waals surface area contributed by atoms with Crippen molar-refractivity contribution in [1.29, 1.82) is 0 Å². The summed E-state index contributed by atoms with van der Waals surface area (Å²) in [5.74, 6) is 0. The minimum Gasteiger partial charge on any atom is -0.395 e. The maximum absolute atomic E-state index is 10.1. The van der Waals surface area contributed by atoms with Gasteiger partial charge in [0, 0.05) is 30.8 Å². The fraction of sp³-hybridized carbons (Fsp3) is 0.350. The zero-order valence-electron chi connectivity index (χ0n) is 14.6. The van der Waals surface area contributed by atoms with E-state index in [0.29, 0.717) is 19.6 Å². The Hall–Kier alpha value is -2.25. The van der Waals surface area contributed by atoms with Crippen LogP contribution in [0.25, 0.3) is 11.1 Å². The van der Waals surface area contributed by atoms with Crippen molar-refractivity contribution in [1.82, 2.24) is 4.90 Å². The number of rotatable bonds is 9. The average molecular weight is 356 g/mol. The highest BCUT2D eigenvalue weighted by molar-refractivity contribution is 6.24. The monoisotopic (exact) mass is 356 g/mol. The third kappa shape index (κ3) is 4.11. The van der Waals surface area contributed by atoms with Crippen LogP contribution >= 0.6 is 0 Å². The lowest BCUT2D eigenvalue weighted by Gasteiger charge is -2.22. The van der Waals surface area contributed by atoms with Gasteiger partial charge in [-0.1, -0.05) is 53.7 Å². The predicted octanol–water partition coefficient (Wildman–Crippen LogP) is 1.08. The van der Waals surface area contributed by atoms with Gasteiger partial charge < -0.3 is 20.2 Å². The van der Waals surface area contributed by atoms with Crippen LogP contribution in [0.5, 0.6) is 0 Å². The lowest BCUT2D eigenvalue weighted by Crippen LogP contribution is -2.38. The molecule has 0 aromatic heterocycles. The molecule has 0 radical (unpaired) electrons. The highest BCUT2D eigenvalue weighted by Crippen LogP contribution is 2.36. The van der Waals surface area contributed by atoms with Gasteiger partial charge in [0.25, 0.3) is 0 Å². The summed E-state index contributed by atoms with van der Waals surface area (Å²) in [5.41, 5.74) is 5.06. The first-order valence-corrected chi connectivity index (χ1v) is 8.76. The normalized spacial score (nSPS) is 13.5. The van der Waals surface area contributed by atoms with Crippen LogP contribution in [-0.2, 0) is 4.84 Å². The molecule has 138 valence electrons. The maximum Gasteiger partial charge on any atom is 0.144 e. The van der Waals surface area contributed by atoms with Crippen molar-refractivity contribution in [2.45, 2.75) is 6.10 Å². The molecule has 0 saturated carbocycles. The van der Waals surface area contributed by atoms with Crippen LogP contribution in [0.2, 0.25) is 0 Å². The minimum absolute atomic E-state index is 0.0244. The predicted molar refractivity (Wildman–Crippen MR) is 100 cm³/mol. The quantitative estimate of drug-likeness (QED) is 0.500. The third-order valence-electron chi connectivity index (χ3n) is 4.38. The van der Waals surface area contributed by atoms with Gasteiger partial charge in [-0.05, 0) is 11.1 Å². The van der Waals surface area contributed by atoms with Gasteiger partial charge in [-0.3, -0.25) is 4.90 Å². The molecule has 0 aliphatic heterocycles. The molecule has 0 fully saturated rings. The molecule has 0 heterocycles. The van der Waals surface area contributed by atoms with E-state index in [-0.39, 0.29) is 19.8 Å². The summed E-state index contributed by atoms with van der Waals surface area (Å²) in [4.78, 5) is 7.22. The van der Waals surface area contributed by atoms with Crippen LogP contribution in [0.1, 0.15) is 11.1 Å². The smallest absolute Gasteiger partial charge is 0.144 e. The summed E-state index contributed by atoms with van der Waals surface area (Å²) >= 11 is 0. The van der Waals surface area contributed by atoms with E-state index < -0.39 is 6.10 Å². The van der Waals surface area contributed by atoms with Crippen LogP contribution in [0, 0.1) is 0 Å². The van der Waals surface area contributed by atoms with Gasteiger partial charge in [-0.25, -0.2) is 0 Å². The molecule has 0 bridgehead atoms. The Balaban J connectivity index is 1.67. The van der Waals surface area contributed by atoms with E-state index in [1.807, 2.05) is 36.4 Å². The number of oxime groups is 1. The molecule has 3 rings (SSSR count). The van der Waals surface area contributed by atoms with Crippen LogP contribution in [-0.4, -0.2) is 71.5 Å². The highest BCUT2D eigenvalue weighted by Gasteiger charge is 2.24. The lowest BCUT2D eigenvalue weighted by molar-refractivity contribution is 0.0136. The molecule has 2 aromatic rings. The maximum atomic E-state index is 10.1. The first-order valence-electron chi connectivity index (χ1n) is 8.76. The van der Waals surface area contributed by atoms with Gasteiger partial charge in [0.2, 0.25) is 0 Å². The van der Waals surface area contributed by atoms with E-state index in [2.05, 4.69) is 17.3 Å². The van der Waals surface area contributed by atoms with Gasteiger partial charge >= 0.3 is 0 Å². The average Bonchev–Trinajstić information content (AvgIpc) is 2.97. The van der Waals surface area contributed by atoms with Gasteiger partial charge in [-0.15, -0.1) is 0 Å². The summed E-state index contributed by atoms with van der Waals surface area (Å²) in [7, 11) is 0. The van der Waals surface area contributed by atoms with E-state index in [1.54, 1.807) is 4.90 Å². The van der Waals surface area contributed by atoms with E-state index in [4.69, 9.17) is 15.1 Å². The van der Waals surface area contributed by atoms with E-state index in [0.717, 1.165) is 28.0 Å². The molecular weight excluding hydrogens is 332 g/mol. The molecule has 1 aliphatic carbocycles. The van der Waals surface area contributed by atoms with Crippen molar-refractivity contribution in [2.75, 3.05) is 39.5 Å². The molecule has 6 nitrogen and oxygen atoms in total. The van der Waals surface area contributed by atoms with Crippen molar-refractivity contribution in [2.24, 2.45) is 5.16 Å². The summed E-state index contributed by atoms with van der Waals surface area (Å²) < 4.78 is 0. The Bertz CT molecular complexity index is 709. The summed E-state index contributed by atoms with van der Waals surface area (Å²) in [6, 6.07) is 16.1. The number of aliphatic hydroxyl groups excluding tert-OH is 3. The summed E-state index contributed by atoms with van der Waals surface area (Å²) in [6.45, 7) is 1.09. The number of hydrogen-bond donors (Lipinski definition) is 3. The fourth-order valence-electron chi connectivity index (χ4n) is 3.21. The first kappa shape index (κ1) is 18.5. The van der Waals surface area contributed by atoms with Crippen LogP contribution in [0.4, 0.5) is 0 Å². The molecule has 3 N–H and O–H groups in total. The molecule has 1 unspecified atom stereocenters. The number of hydrogen-bond acceptors (Lipinski definition) is 6. The zero-order valence-corrected chi connectivity index (χ0v) is 14.6. The Morgan fingerprint density at radius 2 is 1.35 bits per heavy atom. The fourth-order valence-corrected chi connectivity index (χ4v) is 3.21. The summed E-state index contributed by atoms with van der Waals surface area (Å²) in [5, 5.41) is 32.5. The lowest BCUT2D eigenvalue weighted by atomic mass is 10.1. The number of aliphatic hydroxyl groups is 3. The van der Waals surface area contributed by atoms with Gasteiger partial charge in [0.05, 0.1) is 13.2 Å². The largest absolute Gasteiger partial charge is 0.395 e. The summed E-state index contributed by atoms with van der Waals surface area (Å²) in [6.07, 6.45) is -0.760. The van der Waals surface area contributed by atoms with Crippen LogP contribution < -0.4 is 0 Å². The molecule has 1 atom stereocenters. The van der Waals surface area contributed by atoms with Gasteiger partial charge in [-0.2, -0.15) is 0 Å². The second kappa shape index (κ2) is 8.91. The Kier molecular flexibility index (Phi) is 6.35. The van der Waals surface area contributed by atoms with E-state index in [9.17, 15) is 5.11 Å². The molecule has 0 spiro atoms. The number of nitrogens with zero attached hydrogens (tertiary/aromatic N) is 2. The molecule has 2 aromatic carbocycles. The Morgan fingerprint density at radius 1 is 0.846 bits per heavy atom. The zero-order chi connectivity index (χ0) is 18.4. The Labute approximate surface area is 153 Å². The molecule has 6 heteroatoms. The SMILES string of the molecule is OCCN(CCO)CC(O)CON=C1c2ccccc2-c2ccccc21. The highest BCUT2D eigenvalue weighted by atomic mass is 16.6. The molecule has 0 amide bonds. The minimum atomic E-state index is -0.760. The molecule has 0 saturated heterocycles. The Morgan fingerprint density at radius 3 is 1.85 bits per heavy atom. The second-order valence-electron chi connectivity index (χ2n) is 6.23. The number of fused-ring (bicyclic) bond motifs is 3. The van der Waals surface area contributed by atoms with Crippen molar-refractivity contribution in [3.63, 3.8) is 0 Å². The topological polar surface area (TPSA) is 85.5 Å². The standard InChI is InChI=1S/C20H24N2O4/c23-11-9-22(10-12-24)13-15(25)14-26-21-20-18-7-3-1-5-16(18)17-6-2-4-8-19(17)20/h1-8,15,23-25H,9-14H2. The first-order chi connectivity index (χ1) is 12.7. The second-order valence-corrected chi connectivity index (χ2v) is 6.23. The van der Waals surface area contributed by atoms with Crippen molar-refractivity contribution in [3.05, 3.63) is 59.7 Å². The van der Waals surface area contributed by atoms with Crippen LogP contribution in [0.15, 0.2) is 53.7 Å². The van der Waals surface area contributed by atoms with Crippen LogP contribution in [0.3, 0.4) is 0 Å². The van der Waals surface area contributed by atoms with Gasteiger partial charge in [0.15, 0.2) is 0 Å². The van der Waals surface area contributed by atoms with Crippen molar-refractivity contribution >= 4 is 5.71 Å². The number of benzene rings is 2. The molecule has 26 heavy (non-hydrogen) atoms. The van der Waals surface area contributed by atoms with E-state index in [1.165, 1.54) is 0 Å². The molecular formula is C20H24N2O4. The third-order valence-corrected chi connectivity index (χ3v) is 4.38.